The largest absolute Gasteiger partial charge is 0.268 e. The quantitative estimate of drug-likeness (QED) is 0.507. The van der Waals surface area contributed by atoms with Gasteiger partial charge in [-0.2, -0.15) is 5.10 Å². The summed E-state index contributed by atoms with van der Waals surface area (Å²) in [5.74, 6) is 0.665. The van der Waals surface area contributed by atoms with E-state index in [0.29, 0.717) is 5.92 Å². The summed E-state index contributed by atoms with van der Waals surface area (Å²) in [5, 5.41) is 6.74. The Morgan fingerprint density at radius 2 is 2.45 bits per heavy atom. The van der Waals surface area contributed by atoms with Crippen LogP contribution >= 0.6 is 0 Å². The fourth-order valence-electron chi connectivity index (χ4n) is 1.48. The Morgan fingerprint density at radius 3 is 3.27 bits per heavy atom. The topological polar surface area (TPSA) is 17.8 Å². The maximum absolute atomic E-state index is 4.19. The maximum atomic E-state index is 4.19. The lowest BCUT2D eigenvalue weighted by atomic mass is 10.0. The van der Waals surface area contributed by atoms with Crippen molar-refractivity contribution in [1.29, 1.82) is 0 Å². The van der Waals surface area contributed by atoms with Gasteiger partial charge >= 0.3 is 0 Å². The highest BCUT2D eigenvalue weighted by atomic mass is 15.2. The van der Waals surface area contributed by atoms with Crippen LogP contribution in [0.4, 0.5) is 0 Å². The smallest absolute Gasteiger partial charge is 0.0638 e. The highest BCUT2D eigenvalue weighted by molar-refractivity contribution is 5.37. The van der Waals surface area contributed by atoms with Crippen molar-refractivity contribution < 1.29 is 0 Å². The summed E-state index contributed by atoms with van der Waals surface area (Å²) in [4.78, 5) is 0. The number of fused-ring (bicyclic) bond motifs is 1. The van der Waals surface area contributed by atoms with Gasteiger partial charge in [-0.05, 0) is 12.3 Å². The van der Waals surface area contributed by atoms with E-state index in [0.717, 1.165) is 6.42 Å². The molecule has 0 saturated heterocycles. The molecule has 2 nitrogen and oxygen atoms in total. The normalized spacial score (nSPS) is 21.8. The Bertz CT molecular complexity index is 373. The van der Waals surface area contributed by atoms with Gasteiger partial charge in [-0.1, -0.05) is 19.1 Å². The van der Waals surface area contributed by atoms with Crippen LogP contribution in [0.1, 0.15) is 13.3 Å². The van der Waals surface area contributed by atoms with Crippen molar-refractivity contribution in [2.24, 2.45) is 13.0 Å². The van der Waals surface area contributed by atoms with Crippen LogP contribution < -0.4 is 10.6 Å². The Labute approximate surface area is 65.8 Å². The van der Waals surface area contributed by atoms with Gasteiger partial charge in [-0.3, -0.25) is 4.68 Å². The van der Waals surface area contributed by atoms with E-state index < -0.39 is 0 Å². The van der Waals surface area contributed by atoms with Crippen LogP contribution in [0.2, 0.25) is 0 Å². The van der Waals surface area contributed by atoms with Crippen LogP contribution in [0.5, 0.6) is 0 Å². The lowest BCUT2D eigenvalue weighted by molar-refractivity contribution is 0.722. The van der Waals surface area contributed by atoms with Crippen molar-refractivity contribution in [3.05, 3.63) is 16.8 Å². The predicted octanol–water partition coefficient (Wildman–Crippen LogP) is 0.0209. The van der Waals surface area contributed by atoms with E-state index in [9.17, 15) is 0 Å². The average molecular weight is 148 g/mol. The van der Waals surface area contributed by atoms with Crippen LogP contribution in [0, 0.1) is 5.92 Å². The van der Waals surface area contributed by atoms with E-state index in [4.69, 9.17) is 0 Å². The molecule has 58 valence electrons. The van der Waals surface area contributed by atoms with Gasteiger partial charge in [-0.15, -0.1) is 0 Å². The van der Waals surface area contributed by atoms with Gasteiger partial charge in [0.15, 0.2) is 0 Å². The lowest BCUT2D eigenvalue weighted by Crippen LogP contribution is -2.31. The second-order valence-corrected chi connectivity index (χ2v) is 3.19. The lowest BCUT2D eigenvalue weighted by Gasteiger charge is -2.04. The standard InChI is InChI=1S/C9H12N2/c1-7-3-4-8-6-10-11(2)9(8)5-7/h4-7H,3H2,1-2H3/t7-/m0/s1. The highest BCUT2D eigenvalue weighted by Crippen LogP contribution is 2.05. The molecular formula is C9H12N2. The summed E-state index contributed by atoms with van der Waals surface area (Å²) in [7, 11) is 1.99. The van der Waals surface area contributed by atoms with E-state index in [1.807, 2.05) is 17.9 Å². The molecule has 0 aliphatic heterocycles. The number of rotatable bonds is 0. The molecule has 0 fully saturated rings. The van der Waals surface area contributed by atoms with E-state index >= 15 is 0 Å². The third-order valence-electron chi connectivity index (χ3n) is 2.17. The molecule has 1 atom stereocenters. The molecule has 1 aromatic rings. The molecule has 0 N–H and O–H groups in total. The van der Waals surface area contributed by atoms with Crippen LogP contribution in [0.15, 0.2) is 6.20 Å². The van der Waals surface area contributed by atoms with Crippen LogP contribution in [-0.4, -0.2) is 9.78 Å². The van der Waals surface area contributed by atoms with Gasteiger partial charge in [0.1, 0.15) is 0 Å². The van der Waals surface area contributed by atoms with Crippen molar-refractivity contribution in [1.82, 2.24) is 9.78 Å². The summed E-state index contributed by atoms with van der Waals surface area (Å²) < 4.78 is 1.93. The van der Waals surface area contributed by atoms with E-state index in [1.54, 1.807) is 0 Å². The molecular weight excluding hydrogens is 136 g/mol. The average Bonchev–Trinajstić information content (AvgIpc) is 2.33. The first kappa shape index (κ1) is 6.65. The van der Waals surface area contributed by atoms with Gasteiger partial charge in [-0.25, -0.2) is 0 Å². The van der Waals surface area contributed by atoms with E-state index in [2.05, 4.69) is 24.2 Å². The molecule has 2 heteroatoms. The molecule has 0 unspecified atom stereocenters. The summed E-state index contributed by atoms with van der Waals surface area (Å²) in [6.45, 7) is 2.23. The zero-order chi connectivity index (χ0) is 7.84. The number of aryl methyl sites for hydroxylation is 1. The van der Waals surface area contributed by atoms with Gasteiger partial charge in [0, 0.05) is 12.3 Å². The molecule has 0 aromatic carbocycles. The van der Waals surface area contributed by atoms with Crippen LogP contribution in [0.3, 0.4) is 0 Å². The number of hydrogen-bond acceptors (Lipinski definition) is 1. The molecule has 1 aliphatic carbocycles. The summed E-state index contributed by atoms with van der Waals surface area (Å²) >= 11 is 0. The second kappa shape index (κ2) is 2.22. The molecule has 0 spiro atoms. The van der Waals surface area contributed by atoms with Gasteiger partial charge in [0.05, 0.1) is 11.5 Å². The molecule has 1 aromatic heterocycles. The summed E-state index contributed by atoms with van der Waals surface area (Å²) in [6.07, 6.45) is 7.62. The van der Waals surface area contributed by atoms with Crippen molar-refractivity contribution in [2.45, 2.75) is 13.3 Å². The fraction of sp³-hybridized carbons (Fsp3) is 0.444. The van der Waals surface area contributed by atoms with Gasteiger partial charge in [0.25, 0.3) is 0 Å². The first-order chi connectivity index (χ1) is 5.27. The highest BCUT2D eigenvalue weighted by Gasteiger charge is 2.03. The number of nitrogens with zero attached hydrogens (tertiary/aromatic N) is 2. The summed E-state index contributed by atoms with van der Waals surface area (Å²) in [5.41, 5.74) is 0. The predicted molar refractivity (Wildman–Crippen MR) is 45.2 cm³/mol. The van der Waals surface area contributed by atoms with E-state index in [1.165, 1.54) is 10.6 Å². The molecule has 1 heterocycles. The molecule has 0 amide bonds. The first-order valence-corrected chi connectivity index (χ1v) is 3.97. The van der Waals surface area contributed by atoms with Crippen LogP contribution in [0.25, 0.3) is 12.2 Å². The van der Waals surface area contributed by atoms with E-state index in [-0.39, 0.29) is 0 Å². The molecule has 0 bridgehead atoms. The zero-order valence-corrected chi connectivity index (χ0v) is 6.91. The van der Waals surface area contributed by atoms with Crippen molar-refractivity contribution in [3.63, 3.8) is 0 Å². The third-order valence-corrected chi connectivity index (χ3v) is 2.17. The Kier molecular flexibility index (Phi) is 1.34. The fourth-order valence-corrected chi connectivity index (χ4v) is 1.48. The van der Waals surface area contributed by atoms with Crippen LogP contribution in [-0.2, 0) is 7.05 Å². The molecule has 0 radical (unpaired) electrons. The SMILES string of the molecule is C[C@@H]1C=c2c(cnn2C)=CC1. The number of hydrogen-bond donors (Lipinski definition) is 0. The number of aromatic nitrogens is 2. The van der Waals surface area contributed by atoms with Crippen molar-refractivity contribution >= 4 is 12.2 Å². The minimum Gasteiger partial charge on any atom is -0.268 e. The minimum atomic E-state index is 0.665. The van der Waals surface area contributed by atoms with Crippen molar-refractivity contribution in [2.75, 3.05) is 0 Å². The summed E-state index contributed by atoms with van der Waals surface area (Å²) in [6, 6.07) is 0. The molecule has 11 heavy (non-hydrogen) atoms. The van der Waals surface area contributed by atoms with Crippen molar-refractivity contribution in [3.8, 4) is 0 Å². The monoisotopic (exact) mass is 148 g/mol. The first-order valence-electron chi connectivity index (χ1n) is 3.97. The zero-order valence-electron chi connectivity index (χ0n) is 6.91. The van der Waals surface area contributed by atoms with Gasteiger partial charge < -0.3 is 0 Å². The molecule has 2 rings (SSSR count). The second-order valence-electron chi connectivity index (χ2n) is 3.19. The maximum Gasteiger partial charge on any atom is 0.0638 e. The minimum absolute atomic E-state index is 0.665. The molecule has 1 aliphatic rings. The van der Waals surface area contributed by atoms with Gasteiger partial charge in [0.2, 0.25) is 0 Å². The molecule has 0 saturated carbocycles. The Balaban J connectivity index is 2.77. The third kappa shape index (κ3) is 0.985. The Morgan fingerprint density at radius 1 is 1.64 bits per heavy atom. The Hall–Kier alpha value is -1.05.